The summed E-state index contributed by atoms with van der Waals surface area (Å²) in [6, 6.07) is 4.90. The molecule has 6 heteroatoms. The molecule has 0 fully saturated rings. The summed E-state index contributed by atoms with van der Waals surface area (Å²) in [5.41, 5.74) is 2.15. The number of ether oxygens (including phenoxy) is 1. The molecule has 5 nitrogen and oxygen atoms in total. The lowest BCUT2D eigenvalue weighted by atomic mass is 10.2. The summed E-state index contributed by atoms with van der Waals surface area (Å²) >= 11 is 0. The predicted molar refractivity (Wildman–Crippen MR) is 69.6 cm³/mol. The van der Waals surface area contributed by atoms with E-state index in [4.69, 9.17) is 4.74 Å². The molecule has 0 saturated carbocycles. The van der Waals surface area contributed by atoms with Crippen molar-refractivity contribution in [1.29, 1.82) is 0 Å². The zero-order valence-electron chi connectivity index (χ0n) is 11.1. The molecule has 2 aromatic rings. The number of methoxy groups -OCH3 is 1. The fraction of sp³-hybridized carbons (Fsp3) is 0.385. The zero-order valence-corrected chi connectivity index (χ0v) is 11.1. The van der Waals surface area contributed by atoms with Crippen molar-refractivity contribution in [2.75, 3.05) is 20.3 Å². The molecule has 0 radical (unpaired) electrons. The van der Waals surface area contributed by atoms with E-state index in [1.54, 1.807) is 25.4 Å². The second kappa shape index (κ2) is 6.40. The molecule has 102 valence electrons. The molecule has 0 aliphatic heterocycles. The van der Waals surface area contributed by atoms with Gasteiger partial charge in [-0.1, -0.05) is 11.3 Å². The van der Waals surface area contributed by atoms with Crippen LogP contribution in [0.2, 0.25) is 0 Å². The average Bonchev–Trinajstić information content (AvgIpc) is 2.86. The summed E-state index contributed by atoms with van der Waals surface area (Å²) < 4.78 is 20.1. The Morgan fingerprint density at radius 1 is 1.42 bits per heavy atom. The minimum atomic E-state index is -0.311. The molecule has 0 unspecified atom stereocenters. The van der Waals surface area contributed by atoms with Crippen molar-refractivity contribution in [3.8, 4) is 5.69 Å². The van der Waals surface area contributed by atoms with E-state index in [0.29, 0.717) is 18.8 Å². The van der Waals surface area contributed by atoms with E-state index in [2.05, 4.69) is 15.6 Å². The van der Waals surface area contributed by atoms with E-state index < -0.39 is 0 Å². The molecule has 0 saturated heterocycles. The van der Waals surface area contributed by atoms with Gasteiger partial charge in [0.15, 0.2) is 0 Å². The first-order valence-corrected chi connectivity index (χ1v) is 6.08. The van der Waals surface area contributed by atoms with Gasteiger partial charge in [-0.15, -0.1) is 5.10 Å². The molecule has 1 N–H and O–H groups in total. The highest BCUT2D eigenvalue weighted by Gasteiger charge is 2.07. The van der Waals surface area contributed by atoms with Crippen LogP contribution in [-0.2, 0) is 11.3 Å². The number of benzene rings is 1. The quantitative estimate of drug-likeness (QED) is 0.802. The van der Waals surface area contributed by atoms with Crippen LogP contribution in [-0.4, -0.2) is 35.3 Å². The van der Waals surface area contributed by atoms with E-state index in [0.717, 1.165) is 17.8 Å². The maximum atomic E-state index is 13.7. The third-order valence-electron chi connectivity index (χ3n) is 2.68. The van der Waals surface area contributed by atoms with Crippen LogP contribution in [0, 0.1) is 12.7 Å². The van der Waals surface area contributed by atoms with Crippen LogP contribution in [0.1, 0.15) is 11.3 Å². The molecule has 2 rings (SSSR count). The Bertz CT molecular complexity index is 541. The van der Waals surface area contributed by atoms with Crippen molar-refractivity contribution in [3.63, 3.8) is 0 Å². The van der Waals surface area contributed by atoms with Crippen LogP contribution >= 0.6 is 0 Å². The van der Waals surface area contributed by atoms with Gasteiger partial charge in [0.25, 0.3) is 0 Å². The van der Waals surface area contributed by atoms with Gasteiger partial charge in [-0.05, 0) is 24.6 Å². The molecule has 1 heterocycles. The summed E-state index contributed by atoms with van der Waals surface area (Å²) in [4.78, 5) is 0. The third-order valence-corrected chi connectivity index (χ3v) is 2.68. The van der Waals surface area contributed by atoms with Crippen molar-refractivity contribution in [3.05, 3.63) is 41.5 Å². The summed E-state index contributed by atoms with van der Waals surface area (Å²) in [7, 11) is 1.65. The third kappa shape index (κ3) is 3.59. The highest BCUT2D eigenvalue weighted by atomic mass is 19.1. The molecule has 19 heavy (non-hydrogen) atoms. The van der Waals surface area contributed by atoms with Gasteiger partial charge in [-0.2, -0.15) is 0 Å². The standard InChI is InChI=1S/C13H17FN4O/c1-10-3-4-12(14)13(7-10)18-9-11(16-17-18)8-15-5-6-19-2/h3-4,7,9,15H,5-6,8H2,1-2H3. The van der Waals surface area contributed by atoms with E-state index in [-0.39, 0.29) is 5.82 Å². The SMILES string of the molecule is COCCNCc1cn(-c2cc(C)ccc2F)nn1. The number of rotatable bonds is 6. The summed E-state index contributed by atoms with van der Waals surface area (Å²) in [6.07, 6.45) is 1.72. The molecule has 0 spiro atoms. The first kappa shape index (κ1) is 13.6. The van der Waals surface area contributed by atoms with Crippen LogP contribution in [0.25, 0.3) is 5.69 Å². The first-order chi connectivity index (χ1) is 9.20. The number of hydrogen-bond donors (Lipinski definition) is 1. The Morgan fingerprint density at radius 3 is 3.05 bits per heavy atom. The van der Waals surface area contributed by atoms with Crippen LogP contribution in [0.15, 0.2) is 24.4 Å². The lowest BCUT2D eigenvalue weighted by molar-refractivity contribution is 0.199. The number of aryl methyl sites for hydroxylation is 1. The van der Waals surface area contributed by atoms with Crippen molar-refractivity contribution in [2.24, 2.45) is 0 Å². The largest absolute Gasteiger partial charge is 0.383 e. The van der Waals surface area contributed by atoms with Crippen molar-refractivity contribution < 1.29 is 9.13 Å². The van der Waals surface area contributed by atoms with Crippen molar-refractivity contribution in [1.82, 2.24) is 20.3 Å². The number of aromatic nitrogens is 3. The lowest BCUT2D eigenvalue weighted by Crippen LogP contribution is -2.18. The molecule has 1 aromatic carbocycles. The van der Waals surface area contributed by atoms with Crippen molar-refractivity contribution >= 4 is 0 Å². The predicted octanol–water partition coefficient (Wildman–Crippen LogP) is 1.45. The Hall–Kier alpha value is -1.79. The number of halogens is 1. The van der Waals surface area contributed by atoms with E-state index in [1.807, 2.05) is 6.92 Å². The van der Waals surface area contributed by atoms with Crippen LogP contribution in [0.4, 0.5) is 4.39 Å². The minimum absolute atomic E-state index is 0.311. The normalized spacial score (nSPS) is 10.9. The maximum absolute atomic E-state index is 13.7. The Balaban J connectivity index is 2.06. The second-order valence-corrected chi connectivity index (χ2v) is 4.28. The monoisotopic (exact) mass is 264 g/mol. The second-order valence-electron chi connectivity index (χ2n) is 4.28. The average molecular weight is 264 g/mol. The van der Waals surface area contributed by atoms with E-state index in [1.165, 1.54) is 10.7 Å². The molecule has 0 amide bonds. The van der Waals surface area contributed by atoms with Gasteiger partial charge in [-0.3, -0.25) is 0 Å². The van der Waals surface area contributed by atoms with Crippen LogP contribution in [0.5, 0.6) is 0 Å². The first-order valence-electron chi connectivity index (χ1n) is 6.08. The molecular formula is C13H17FN4O. The van der Waals surface area contributed by atoms with Crippen LogP contribution < -0.4 is 5.32 Å². The smallest absolute Gasteiger partial charge is 0.148 e. The maximum Gasteiger partial charge on any atom is 0.148 e. The Labute approximate surface area is 111 Å². The highest BCUT2D eigenvalue weighted by molar-refractivity contribution is 5.36. The fourth-order valence-corrected chi connectivity index (χ4v) is 1.69. The fourth-order valence-electron chi connectivity index (χ4n) is 1.69. The van der Waals surface area contributed by atoms with Gasteiger partial charge in [0.2, 0.25) is 0 Å². The van der Waals surface area contributed by atoms with Gasteiger partial charge in [0.05, 0.1) is 18.5 Å². The summed E-state index contributed by atoms with van der Waals surface area (Å²) in [5, 5.41) is 11.1. The van der Waals surface area contributed by atoms with Gasteiger partial charge in [-0.25, -0.2) is 9.07 Å². The van der Waals surface area contributed by atoms with Crippen LogP contribution in [0.3, 0.4) is 0 Å². The number of nitrogens with one attached hydrogen (secondary N) is 1. The van der Waals surface area contributed by atoms with E-state index >= 15 is 0 Å². The Morgan fingerprint density at radius 2 is 2.26 bits per heavy atom. The van der Waals surface area contributed by atoms with Gasteiger partial charge in [0, 0.05) is 20.2 Å². The molecule has 0 atom stereocenters. The molecule has 1 aromatic heterocycles. The summed E-state index contributed by atoms with van der Waals surface area (Å²) in [5.74, 6) is -0.311. The minimum Gasteiger partial charge on any atom is -0.383 e. The molecular weight excluding hydrogens is 247 g/mol. The van der Waals surface area contributed by atoms with E-state index in [9.17, 15) is 4.39 Å². The van der Waals surface area contributed by atoms with Gasteiger partial charge < -0.3 is 10.1 Å². The zero-order chi connectivity index (χ0) is 13.7. The molecule has 0 aliphatic rings. The van der Waals surface area contributed by atoms with Gasteiger partial charge >= 0.3 is 0 Å². The molecule has 0 aliphatic carbocycles. The molecule has 0 bridgehead atoms. The highest BCUT2D eigenvalue weighted by Crippen LogP contribution is 2.14. The van der Waals surface area contributed by atoms with Gasteiger partial charge in [0.1, 0.15) is 11.5 Å². The van der Waals surface area contributed by atoms with Crippen molar-refractivity contribution in [2.45, 2.75) is 13.5 Å². The number of nitrogens with zero attached hydrogens (tertiary/aromatic N) is 3. The Kier molecular flexibility index (Phi) is 4.59. The summed E-state index contributed by atoms with van der Waals surface area (Å²) in [6.45, 7) is 3.87. The topological polar surface area (TPSA) is 52.0 Å². The lowest BCUT2D eigenvalue weighted by Gasteiger charge is -2.03. The number of hydrogen-bond acceptors (Lipinski definition) is 4.